The number of piperidine rings is 1. The second-order valence-electron chi connectivity index (χ2n) is 7.21. The second-order valence-corrected chi connectivity index (χ2v) is 7.76. The lowest BCUT2D eigenvalue weighted by Crippen LogP contribution is -2.43. The van der Waals surface area contributed by atoms with E-state index in [-0.39, 0.29) is 17.7 Å². The normalized spacial score (nSPS) is 16.4. The molecule has 0 aliphatic carbocycles. The van der Waals surface area contributed by atoms with E-state index >= 15 is 0 Å². The van der Waals surface area contributed by atoms with Gasteiger partial charge in [-0.25, -0.2) is 0 Å². The quantitative estimate of drug-likeness (QED) is 0.704. The zero-order valence-electron chi connectivity index (χ0n) is 16.0. The summed E-state index contributed by atoms with van der Waals surface area (Å²) in [4.78, 5) is 26.8. The zero-order chi connectivity index (χ0) is 20.1. The molecule has 1 saturated heterocycles. The lowest BCUT2D eigenvalue weighted by molar-refractivity contribution is 0.0666. The van der Waals surface area contributed by atoms with Gasteiger partial charge in [0.05, 0.1) is 17.9 Å². The Morgan fingerprint density at radius 1 is 1.07 bits per heavy atom. The molecule has 1 aromatic heterocycles. The lowest BCUT2D eigenvalue weighted by atomic mass is 9.97. The molecule has 0 radical (unpaired) electrons. The van der Waals surface area contributed by atoms with E-state index in [1.165, 1.54) is 6.20 Å². The second kappa shape index (κ2) is 8.96. The van der Waals surface area contributed by atoms with Crippen molar-refractivity contribution in [2.24, 2.45) is 5.92 Å². The van der Waals surface area contributed by atoms with Gasteiger partial charge in [-0.2, -0.15) is 8.75 Å². The van der Waals surface area contributed by atoms with Crippen LogP contribution in [0.5, 0.6) is 0 Å². The first-order chi connectivity index (χ1) is 14.2. The van der Waals surface area contributed by atoms with Crippen molar-refractivity contribution in [3.05, 3.63) is 72.1 Å². The maximum atomic E-state index is 12.5. The number of hydrogen-bond acceptors (Lipinski definition) is 5. The van der Waals surface area contributed by atoms with E-state index in [1.54, 1.807) is 0 Å². The van der Waals surface area contributed by atoms with Gasteiger partial charge in [-0.3, -0.25) is 9.59 Å². The number of aromatic nitrogens is 2. The van der Waals surface area contributed by atoms with Gasteiger partial charge in [-0.05, 0) is 42.0 Å². The van der Waals surface area contributed by atoms with Crippen LogP contribution in [0.3, 0.4) is 0 Å². The van der Waals surface area contributed by atoms with Gasteiger partial charge in [0.2, 0.25) is 0 Å². The molecule has 0 saturated carbocycles. The molecule has 1 N–H and O–H groups in total. The van der Waals surface area contributed by atoms with Crippen molar-refractivity contribution in [3.8, 4) is 11.1 Å². The molecule has 2 heterocycles. The van der Waals surface area contributed by atoms with E-state index in [9.17, 15) is 9.59 Å². The van der Waals surface area contributed by atoms with Crippen LogP contribution in [0.4, 0.5) is 0 Å². The number of hydrogen-bond donors (Lipinski definition) is 1. The lowest BCUT2D eigenvalue weighted by Gasteiger charge is -2.32. The van der Waals surface area contributed by atoms with E-state index < -0.39 is 0 Å². The number of likely N-dealkylation sites (tertiary alicyclic amines) is 1. The fraction of sp³-hybridized carbons (Fsp3) is 0.273. The summed E-state index contributed by atoms with van der Waals surface area (Å²) < 4.78 is 7.93. The summed E-state index contributed by atoms with van der Waals surface area (Å²) in [6, 6.07) is 17.7. The summed E-state index contributed by atoms with van der Waals surface area (Å²) in [5.41, 5.74) is 3.25. The molecule has 29 heavy (non-hydrogen) atoms. The summed E-state index contributed by atoms with van der Waals surface area (Å²) in [5, 5.41) is 3.02. The number of carbonyl (C=O) groups excluding carboxylic acids is 2. The molecule has 7 heteroatoms. The first-order valence-electron chi connectivity index (χ1n) is 9.71. The molecule has 2 amide bonds. The number of amides is 2. The van der Waals surface area contributed by atoms with Crippen LogP contribution in [0.25, 0.3) is 11.1 Å². The molecular formula is C22H22N4O2S. The molecule has 3 aromatic rings. The molecule has 1 fully saturated rings. The summed E-state index contributed by atoms with van der Waals surface area (Å²) in [7, 11) is 0. The smallest absolute Gasteiger partial charge is 0.275 e. The van der Waals surface area contributed by atoms with Crippen molar-refractivity contribution >= 4 is 23.5 Å². The Morgan fingerprint density at radius 2 is 1.83 bits per heavy atom. The Bertz CT molecular complexity index is 958. The van der Waals surface area contributed by atoms with Gasteiger partial charge in [-0.15, -0.1) is 0 Å². The van der Waals surface area contributed by atoms with Gasteiger partial charge in [0.25, 0.3) is 11.8 Å². The predicted molar refractivity (Wildman–Crippen MR) is 113 cm³/mol. The minimum Gasteiger partial charge on any atom is -0.352 e. The van der Waals surface area contributed by atoms with Crippen LogP contribution < -0.4 is 5.32 Å². The van der Waals surface area contributed by atoms with Gasteiger partial charge in [0.1, 0.15) is 0 Å². The predicted octanol–water partition coefficient (Wildman–Crippen LogP) is 3.49. The van der Waals surface area contributed by atoms with E-state index in [2.05, 4.69) is 14.1 Å². The van der Waals surface area contributed by atoms with E-state index in [0.717, 1.165) is 42.2 Å². The number of rotatable bonds is 5. The zero-order valence-corrected chi connectivity index (χ0v) is 16.8. The van der Waals surface area contributed by atoms with Gasteiger partial charge >= 0.3 is 0 Å². The maximum Gasteiger partial charge on any atom is 0.275 e. The standard InChI is InChI=1S/C22H22N4O2S/c27-21(19-10-8-18(9-11-19)17-6-2-1-3-7-17)23-13-16-5-4-12-26(15-16)22(28)20-14-24-29-25-20/h1-3,6-11,14,16H,4-5,12-13,15H2,(H,23,27)/t16-/m0/s1. The van der Waals surface area contributed by atoms with Gasteiger partial charge in [-0.1, -0.05) is 42.5 Å². The Balaban J connectivity index is 1.31. The van der Waals surface area contributed by atoms with Crippen LogP contribution in [0.2, 0.25) is 0 Å². The van der Waals surface area contributed by atoms with E-state index in [1.807, 2.05) is 59.5 Å². The van der Waals surface area contributed by atoms with Crippen molar-refractivity contribution in [1.82, 2.24) is 19.0 Å². The Kier molecular flexibility index (Phi) is 5.95. The molecule has 4 rings (SSSR count). The first kappa shape index (κ1) is 19.3. The van der Waals surface area contributed by atoms with Gasteiger partial charge in [0, 0.05) is 25.2 Å². The molecule has 1 aliphatic heterocycles. The first-order valence-corrected chi connectivity index (χ1v) is 10.4. The largest absolute Gasteiger partial charge is 0.352 e. The molecule has 1 aliphatic rings. The fourth-order valence-electron chi connectivity index (χ4n) is 3.62. The van der Waals surface area contributed by atoms with Crippen molar-refractivity contribution in [3.63, 3.8) is 0 Å². The minimum absolute atomic E-state index is 0.0775. The Hall–Kier alpha value is -3.06. The maximum absolute atomic E-state index is 12.5. The van der Waals surface area contributed by atoms with Crippen molar-refractivity contribution < 1.29 is 9.59 Å². The van der Waals surface area contributed by atoms with Gasteiger partial charge in [0.15, 0.2) is 5.69 Å². The van der Waals surface area contributed by atoms with Crippen LogP contribution in [-0.2, 0) is 0 Å². The summed E-state index contributed by atoms with van der Waals surface area (Å²) >= 11 is 1.04. The highest BCUT2D eigenvalue weighted by molar-refractivity contribution is 6.99. The SMILES string of the molecule is O=C(NC[C@@H]1CCCN(C(=O)c2cnsn2)C1)c1ccc(-c2ccccc2)cc1. The summed E-state index contributed by atoms with van der Waals surface area (Å²) in [6.07, 6.45) is 3.43. The minimum atomic E-state index is -0.0863. The molecule has 0 spiro atoms. The molecular weight excluding hydrogens is 384 g/mol. The summed E-state index contributed by atoms with van der Waals surface area (Å²) in [5.74, 6) is 0.0786. The highest BCUT2D eigenvalue weighted by atomic mass is 32.1. The summed E-state index contributed by atoms with van der Waals surface area (Å²) in [6.45, 7) is 1.91. The van der Waals surface area contributed by atoms with Crippen LogP contribution in [-0.4, -0.2) is 45.1 Å². The third-order valence-electron chi connectivity index (χ3n) is 5.19. The molecule has 0 bridgehead atoms. The average molecular weight is 407 g/mol. The van der Waals surface area contributed by atoms with Crippen LogP contribution in [0.15, 0.2) is 60.8 Å². The number of nitrogens with zero attached hydrogens (tertiary/aromatic N) is 3. The van der Waals surface area contributed by atoms with Crippen molar-refractivity contribution in [1.29, 1.82) is 0 Å². The monoisotopic (exact) mass is 406 g/mol. The number of benzene rings is 2. The number of nitrogens with one attached hydrogen (secondary N) is 1. The topological polar surface area (TPSA) is 75.2 Å². The number of carbonyl (C=O) groups is 2. The van der Waals surface area contributed by atoms with Crippen molar-refractivity contribution in [2.75, 3.05) is 19.6 Å². The van der Waals surface area contributed by atoms with E-state index in [0.29, 0.717) is 24.3 Å². The highest BCUT2D eigenvalue weighted by Gasteiger charge is 2.26. The third kappa shape index (κ3) is 4.68. The molecule has 0 unspecified atom stereocenters. The van der Waals surface area contributed by atoms with Crippen LogP contribution in [0, 0.1) is 5.92 Å². The van der Waals surface area contributed by atoms with Crippen LogP contribution in [0.1, 0.15) is 33.7 Å². The van der Waals surface area contributed by atoms with Crippen LogP contribution >= 0.6 is 11.7 Å². The third-order valence-corrected chi connectivity index (χ3v) is 5.67. The molecule has 1 atom stereocenters. The average Bonchev–Trinajstić information content (AvgIpc) is 3.33. The van der Waals surface area contributed by atoms with Gasteiger partial charge < -0.3 is 10.2 Å². The molecule has 6 nitrogen and oxygen atoms in total. The van der Waals surface area contributed by atoms with E-state index in [4.69, 9.17) is 0 Å². The fourth-order valence-corrected chi connectivity index (χ4v) is 4.03. The van der Waals surface area contributed by atoms with Crippen molar-refractivity contribution in [2.45, 2.75) is 12.8 Å². The highest BCUT2D eigenvalue weighted by Crippen LogP contribution is 2.20. The molecule has 148 valence electrons. The Labute approximate surface area is 173 Å². The molecule has 2 aromatic carbocycles. The Morgan fingerprint density at radius 3 is 2.55 bits per heavy atom.